The fourth-order valence-electron chi connectivity index (χ4n) is 1.11. The van der Waals surface area contributed by atoms with Crippen LogP contribution < -0.4 is 5.32 Å². The highest BCUT2D eigenvalue weighted by atomic mass is 16.5. The van der Waals surface area contributed by atoms with Crippen LogP contribution >= 0.6 is 0 Å². The van der Waals surface area contributed by atoms with Crippen LogP contribution in [0.5, 0.6) is 0 Å². The van der Waals surface area contributed by atoms with E-state index in [-0.39, 0.29) is 0 Å². The molecule has 0 bridgehead atoms. The summed E-state index contributed by atoms with van der Waals surface area (Å²) < 4.78 is 5.17. The molecule has 64 valence electrons. The smallest absolute Gasteiger partial charge is 0.207 e. The quantitative estimate of drug-likeness (QED) is 0.424. The lowest BCUT2D eigenvalue weighted by atomic mass is 10.4. The minimum atomic E-state index is 0.737. The van der Waals surface area contributed by atoms with E-state index in [0.717, 1.165) is 45.8 Å². The highest BCUT2D eigenvalue weighted by molar-refractivity contribution is 5.45. The van der Waals surface area contributed by atoms with Crippen molar-refractivity contribution >= 4 is 6.41 Å². The molecule has 1 amide bonds. The first-order chi connectivity index (χ1) is 5.43. The van der Waals surface area contributed by atoms with E-state index < -0.39 is 0 Å². The van der Waals surface area contributed by atoms with Crippen molar-refractivity contribution < 1.29 is 9.53 Å². The second-order valence-corrected chi connectivity index (χ2v) is 2.53. The summed E-state index contributed by atoms with van der Waals surface area (Å²) in [6, 6.07) is 0. The van der Waals surface area contributed by atoms with Gasteiger partial charge in [0.05, 0.1) is 13.2 Å². The summed E-state index contributed by atoms with van der Waals surface area (Å²) in [6.45, 7) is 5.29. The Balaban J connectivity index is 2.00. The Bertz CT molecular complexity index is 113. The molecule has 0 spiro atoms. The number of nitrogens with zero attached hydrogens (tertiary/aromatic N) is 1. The van der Waals surface area contributed by atoms with Gasteiger partial charge in [-0.05, 0) is 0 Å². The van der Waals surface area contributed by atoms with Crippen molar-refractivity contribution in [1.29, 1.82) is 0 Å². The number of morpholine rings is 1. The molecule has 0 aromatic rings. The van der Waals surface area contributed by atoms with E-state index in [0.29, 0.717) is 0 Å². The third kappa shape index (κ3) is 3.34. The fourth-order valence-corrected chi connectivity index (χ4v) is 1.11. The number of ether oxygens (including phenoxy) is 1. The lowest BCUT2D eigenvalue weighted by molar-refractivity contribution is -0.109. The molecule has 0 atom stereocenters. The molecule has 0 aromatic carbocycles. The van der Waals surface area contributed by atoms with Gasteiger partial charge in [0.2, 0.25) is 6.41 Å². The van der Waals surface area contributed by atoms with Crippen LogP contribution in [-0.4, -0.2) is 50.7 Å². The van der Waals surface area contributed by atoms with Gasteiger partial charge in [0.15, 0.2) is 0 Å². The largest absolute Gasteiger partial charge is 0.379 e. The fraction of sp³-hybridized carbons (Fsp3) is 0.857. The van der Waals surface area contributed by atoms with Gasteiger partial charge in [-0.15, -0.1) is 0 Å². The van der Waals surface area contributed by atoms with E-state index in [1.165, 1.54) is 0 Å². The van der Waals surface area contributed by atoms with Crippen molar-refractivity contribution in [2.24, 2.45) is 0 Å². The number of carbonyl (C=O) groups is 1. The van der Waals surface area contributed by atoms with Crippen LogP contribution in [0.15, 0.2) is 0 Å². The Morgan fingerprint density at radius 1 is 1.45 bits per heavy atom. The highest BCUT2D eigenvalue weighted by Gasteiger charge is 2.08. The van der Waals surface area contributed by atoms with Gasteiger partial charge in [0.25, 0.3) is 0 Å². The van der Waals surface area contributed by atoms with Crippen LogP contribution in [0.3, 0.4) is 0 Å². The number of amides is 1. The molecule has 1 N–H and O–H groups in total. The number of nitrogens with one attached hydrogen (secondary N) is 1. The van der Waals surface area contributed by atoms with Crippen molar-refractivity contribution in [2.45, 2.75) is 0 Å². The van der Waals surface area contributed by atoms with Crippen LogP contribution in [-0.2, 0) is 9.53 Å². The normalized spacial score (nSPS) is 19.6. The molecule has 4 nitrogen and oxygen atoms in total. The second kappa shape index (κ2) is 5.09. The monoisotopic (exact) mass is 158 g/mol. The van der Waals surface area contributed by atoms with Crippen molar-refractivity contribution in [3.63, 3.8) is 0 Å². The highest BCUT2D eigenvalue weighted by Crippen LogP contribution is 1.94. The molecular weight excluding hydrogens is 144 g/mol. The first-order valence-corrected chi connectivity index (χ1v) is 3.90. The number of rotatable bonds is 4. The third-order valence-corrected chi connectivity index (χ3v) is 1.76. The van der Waals surface area contributed by atoms with Crippen molar-refractivity contribution in [3.05, 3.63) is 0 Å². The molecule has 0 radical (unpaired) electrons. The molecule has 11 heavy (non-hydrogen) atoms. The lowest BCUT2D eigenvalue weighted by Gasteiger charge is -2.26. The van der Waals surface area contributed by atoms with E-state index in [1.807, 2.05) is 0 Å². The molecule has 0 aromatic heterocycles. The van der Waals surface area contributed by atoms with Gasteiger partial charge < -0.3 is 10.1 Å². The van der Waals surface area contributed by atoms with Gasteiger partial charge >= 0.3 is 0 Å². The number of hydrogen-bond donors (Lipinski definition) is 1. The third-order valence-electron chi connectivity index (χ3n) is 1.76. The van der Waals surface area contributed by atoms with E-state index in [9.17, 15) is 4.79 Å². The Kier molecular flexibility index (Phi) is 3.93. The van der Waals surface area contributed by atoms with Crippen LogP contribution in [0.25, 0.3) is 0 Å². The van der Waals surface area contributed by atoms with Gasteiger partial charge in [0.1, 0.15) is 0 Å². The summed E-state index contributed by atoms with van der Waals surface area (Å²) in [5, 5.41) is 2.63. The summed E-state index contributed by atoms with van der Waals surface area (Å²) in [4.78, 5) is 12.2. The van der Waals surface area contributed by atoms with E-state index in [1.54, 1.807) is 0 Å². The van der Waals surface area contributed by atoms with Crippen LogP contribution in [0, 0.1) is 0 Å². The molecule has 1 rings (SSSR count). The molecule has 0 unspecified atom stereocenters. The first-order valence-electron chi connectivity index (χ1n) is 3.90. The summed E-state index contributed by atoms with van der Waals surface area (Å²) in [7, 11) is 0. The average molecular weight is 158 g/mol. The molecule has 1 aliphatic heterocycles. The minimum absolute atomic E-state index is 0.737. The molecule has 1 heterocycles. The second-order valence-electron chi connectivity index (χ2n) is 2.53. The average Bonchev–Trinajstić information content (AvgIpc) is 2.07. The maximum absolute atomic E-state index is 9.89. The van der Waals surface area contributed by atoms with E-state index in [2.05, 4.69) is 10.2 Å². The number of carbonyl (C=O) groups excluding carboxylic acids is 1. The molecule has 0 saturated carbocycles. The minimum Gasteiger partial charge on any atom is -0.379 e. The molecule has 1 saturated heterocycles. The van der Waals surface area contributed by atoms with Crippen molar-refractivity contribution in [2.75, 3.05) is 39.4 Å². The summed E-state index contributed by atoms with van der Waals surface area (Å²) in [5.41, 5.74) is 0. The van der Waals surface area contributed by atoms with Crippen LogP contribution in [0.4, 0.5) is 0 Å². The predicted molar refractivity (Wildman–Crippen MR) is 41.3 cm³/mol. The van der Waals surface area contributed by atoms with Crippen LogP contribution in [0.1, 0.15) is 0 Å². The Morgan fingerprint density at radius 2 is 2.18 bits per heavy atom. The molecule has 0 aliphatic carbocycles. The number of hydrogen-bond acceptors (Lipinski definition) is 3. The Morgan fingerprint density at radius 3 is 2.82 bits per heavy atom. The lowest BCUT2D eigenvalue weighted by Crippen LogP contribution is -2.40. The topological polar surface area (TPSA) is 41.6 Å². The van der Waals surface area contributed by atoms with Gasteiger partial charge in [-0.2, -0.15) is 0 Å². The standard InChI is InChI=1S/C7H14N2O2/c10-7-8-1-2-9-3-5-11-6-4-9/h7H,1-6H2,(H,8,10). The SMILES string of the molecule is O=CNCCN1CCOCC1. The molecular formula is C7H14N2O2. The zero-order chi connectivity index (χ0) is 7.94. The zero-order valence-electron chi connectivity index (χ0n) is 6.58. The molecule has 1 fully saturated rings. The predicted octanol–water partition coefficient (Wildman–Crippen LogP) is -0.935. The molecule has 1 aliphatic rings. The maximum Gasteiger partial charge on any atom is 0.207 e. The molecule has 4 heteroatoms. The maximum atomic E-state index is 9.89. The van der Waals surface area contributed by atoms with Crippen molar-refractivity contribution in [1.82, 2.24) is 10.2 Å². The van der Waals surface area contributed by atoms with E-state index in [4.69, 9.17) is 4.74 Å². The van der Waals surface area contributed by atoms with Crippen molar-refractivity contribution in [3.8, 4) is 0 Å². The van der Waals surface area contributed by atoms with Gasteiger partial charge in [-0.3, -0.25) is 9.69 Å². The zero-order valence-corrected chi connectivity index (χ0v) is 6.58. The van der Waals surface area contributed by atoms with E-state index >= 15 is 0 Å². The Hall–Kier alpha value is -0.610. The first kappa shape index (κ1) is 8.49. The summed E-state index contributed by atoms with van der Waals surface area (Å²) >= 11 is 0. The van der Waals surface area contributed by atoms with Gasteiger partial charge in [-0.25, -0.2) is 0 Å². The summed E-state index contributed by atoms with van der Waals surface area (Å²) in [6.07, 6.45) is 0.737. The van der Waals surface area contributed by atoms with Gasteiger partial charge in [0, 0.05) is 26.2 Å². The van der Waals surface area contributed by atoms with Crippen LogP contribution in [0.2, 0.25) is 0 Å². The Labute approximate surface area is 66.5 Å². The van der Waals surface area contributed by atoms with Gasteiger partial charge in [-0.1, -0.05) is 0 Å². The summed E-state index contributed by atoms with van der Waals surface area (Å²) in [5.74, 6) is 0.